The number of halogens is 1. The lowest BCUT2D eigenvalue weighted by Crippen LogP contribution is -2.14. The number of rotatable bonds is 2. The van der Waals surface area contributed by atoms with E-state index in [-0.39, 0.29) is 5.15 Å². The van der Waals surface area contributed by atoms with Crippen molar-refractivity contribution in [3.8, 4) is 0 Å². The highest BCUT2D eigenvalue weighted by Gasteiger charge is 2.02. The minimum Gasteiger partial charge on any atom is -0.450 e. The molecule has 0 radical (unpaired) electrons. The molecule has 1 amide bonds. The number of carbonyl (C=O) groups is 1. The molecule has 0 aliphatic carbocycles. The van der Waals surface area contributed by atoms with Crippen LogP contribution in [0.5, 0.6) is 0 Å². The molecule has 13 heavy (non-hydrogen) atoms. The second kappa shape index (κ2) is 4.61. The van der Waals surface area contributed by atoms with Gasteiger partial charge in [0, 0.05) is 0 Å². The van der Waals surface area contributed by atoms with Gasteiger partial charge in [-0.2, -0.15) is 0 Å². The summed E-state index contributed by atoms with van der Waals surface area (Å²) in [6.07, 6.45) is -0.556. The summed E-state index contributed by atoms with van der Waals surface area (Å²) in [5, 5.41) is 9.79. The van der Waals surface area contributed by atoms with Gasteiger partial charge >= 0.3 is 6.09 Å². The SMILES string of the molecule is CCOC(=O)Nc1ccc(Cl)nn1. The fourth-order valence-electron chi connectivity index (χ4n) is 0.654. The fraction of sp³-hybridized carbons (Fsp3) is 0.286. The van der Waals surface area contributed by atoms with Crippen molar-refractivity contribution in [3.63, 3.8) is 0 Å². The maximum Gasteiger partial charge on any atom is 0.412 e. The number of nitrogens with zero attached hydrogens (tertiary/aromatic N) is 2. The van der Waals surface area contributed by atoms with Crippen LogP contribution in [-0.4, -0.2) is 22.9 Å². The Balaban J connectivity index is 2.54. The van der Waals surface area contributed by atoms with Crippen LogP contribution in [0.15, 0.2) is 12.1 Å². The Hall–Kier alpha value is -1.36. The van der Waals surface area contributed by atoms with Gasteiger partial charge in [0.2, 0.25) is 0 Å². The summed E-state index contributed by atoms with van der Waals surface area (Å²) >= 11 is 5.49. The molecule has 5 nitrogen and oxygen atoms in total. The number of anilines is 1. The predicted molar refractivity (Wildman–Crippen MR) is 47.7 cm³/mol. The molecule has 0 atom stereocenters. The first-order valence-corrected chi connectivity index (χ1v) is 4.03. The van der Waals surface area contributed by atoms with Gasteiger partial charge in [-0.15, -0.1) is 10.2 Å². The third-order valence-corrected chi connectivity index (χ3v) is 1.34. The van der Waals surface area contributed by atoms with E-state index in [9.17, 15) is 4.79 Å². The Kier molecular flexibility index (Phi) is 3.45. The van der Waals surface area contributed by atoms with Crippen LogP contribution in [0.4, 0.5) is 10.6 Å². The number of aromatic nitrogens is 2. The van der Waals surface area contributed by atoms with Gasteiger partial charge in [-0.05, 0) is 19.1 Å². The number of carbonyl (C=O) groups excluding carboxylic acids is 1. The fourth-order valence-corrected chi connectivity index (χ4v) is 0.755. The van der Waals surface area contributed by atoms with E-state index in [0.29, 0.717) is 12.4 Å². The average Bonchev–Trinajstić information content (AvgIpc) is 2.09. The van der Waals surface area contributed by atoms with Crippen LogP contribution in [0, 0.1) is 0 Å². The maximum atomic E-state index is 10.9. The summed E-state index contributed by atoms with van der Waals surface area (Å²) in [6.45, 7) is 2.03. The molecule has 0 fully saturated rings. The number of nitrogens with one attached hydrogen (secondary N) is 1. The monoisotopic (exact) mass is 201 g/mol. The van der Waals surface area contributed by atoms with Gasteiger partial charge in [0.25, 0.3) is 0 Å². The molecule has 6 heteroatoms. The largest absolute Gasteiger partial charge is 0.450 e. The van der Waals surface area contributed by atoms with E-state index < -0.39 is 6.09 Å². The normalized spacial score (nSPS) is 9.38. The molecule has 70 valence electrons. The highest BCUT2D eigenvalue weighted by molar-refractivity contribution is 6.29. The van der Waals surface area contributed by atoms with E-state index in [1.54, 1.807) is 6.92 Å². The van der Waals surface area contributed by atoms with Crippen molar-refractivity contribution in [2.75, 3.05) is 11.9 Å². The summed E-state index contributed by atoms with van der Waals surface area (Å²) in [6, 6.07) is 3.06. The van der Waals surface area contributed by atoms with Gasteiger partial charge in [-0.3, -0.25) is 5.32 Å². The minimum absolute atomic E-state index is 0.273. The van der Waals surface area contributed by atoms with Crippen LogP contribution in [0.25, 0.3) is 0 Å². The molecule has 1 aromatic rings. The molecule has 0 aromatic carbocycles. The summed E-state index contributed by atoms with van der Waals surface area (Å²) in [5.41, 5.74) is 0. The molecule has 0 aliphatic heterocycles. The molecule has 0 unspecified atom stereocenters. The molecule has 0 saturated carbocycles. The first-order chi connectivity index (χ1) is 6.22. The second-order valence-electron chi connectivity index (χ2n) is 2.09. The standard InChI is InChI=1S/C7H8ClN3O2/c1-2-13-7(12)9-6-4-3-5(8)10-11-6/h3-4H,2H2,1H3,(H,9,11,12). The van der Waals surface area contributed by atoms with Gasteiger partial charge in [0.05, 0.1) is 6.61 Å². The van der Waals surface area contributed by atoms with Crippen molar-refractivity contribution >= 4 is 23.5 Å². The smallest absolute Gasteiger partial charge is 0.412 e. The topological polar surface area (TPSA) is 64.1 Å². The van der Waals surface area contributed by atoms with E-state index in [1.807, 2.05) is 0 Å². The molecule has 0 aliphatic rings. The van der Waals surface area contributed by atoms with Crippen molar-refractivity contribution in [2.24, 2.45) is 0 Å². The van der Waals surface area contributed by atoms with Crippen LogP contribution in [0.1, 0.15) is 6.92 Å². The maximum absolute atomic E-state index is 10.9. The molecule has 0 saturated heterocycles. The number of ether oxygens (including phenoxy) is 1. The van der Waals surface area contributed by atoms with Crippen molar-refractivity contribution in [2.45, 2.75) is 6.92 Å². The van der Waals surface area contributed by atoms with Gasteiger partial charge in [0.15, 0.2) is 11.0 Å². The molecule has 1 N–H and O–H groups in total. The van der Waals surface area contributed by atoms with Crippen molar-refractivity contribution in [1.82, 2.24) is 10.2 Å². The Labute approximate surface area is 80.1 Å². The van der Waals surface area contributed by atoms with E-state index >= 15 is 0 Å². The van der Waals surface area contributed by atoms with Crippen LogP contribution in [0.2, 0.25) is 5.15 Å². The van der Waals surface area contributed by atoms with E-state index in [1.165, 1.54) is 12.1 Å². The first-order valence-electron chi connectivity index (χ1n) is 3.65. The zero-order chi connectivity index (χ0) is 9.68. The molecule has 1 aromatic heterocycles. The molecule has 0 bridgehead atoms. The van der Waals surface area contributed by atoms with Gasteiger partial charge < -0.3 is 4.74 Å². The lowest BCUT2D eigenvalue weighted by atomic mass is 10.5. The summed E-state index contributed by atoms with van der Waals surface area (Å²) < 4.78 is 4.63. The van der Waals surface area contributed by atoms with E-state index in [0.717, 1.165) is 0 Å². The summed E-state index contributed by atoms with van der Waals surface area (Å²) in [5.74, 6) is 0.308. The van der Waals surface area contributed by atoms with Crippen LogP contribution in [0.3, 0.4) is 0 Å². The molecular weight excluding hydrogens is 194 g/mol. The second-order valence-corrected chi connectivity index (χ2v) is 2.47. The zero-order valence-corrected chi connectivity index (χ0v) is 7.71. The molecule has 1 heterocycles. The first kappa shape index (κ1) is 9.73. The lowest BCUT2D eigenvalue weighted by molar-refractivity contribution is 0.168. The van der Waals surface area contributed by atoms with Crippen LogP contribution in [-0.2, 0) is 4.74 Å². The van der Waals surface area contributed by atoms with Crippen molar-refractivity contribution < 1.29 is 9.53 Å². The summed E-state index contributed by atoms with van der Waals surface area (Å²) in [7, 11) is 0. The van der Waals surface area contributed by atoms with Crippen molar-refractivity contribution in [3.05, 3.63) is 17.3 Å². The Morgan fingerprint density at radius 1 is 1.62 bits per heavy atom. The Morgan fingerprint density at radius 2 is 2.38 bits per heavy atom. The number of hydrogen-bond donors (Lipinski definition) is 1. The van der Waals surface area contributed by atoms with Gasteiger partial charge in [0.1, 0.15) is 0 Å². The average molecular weight is 202 g/mol. The molecule has 1 rings (SSSR count). The number of amides is 1. The molecular formula is C7H8ClN3O2. The molecule has 0 spiro atoms. The highest BCUT2D eigenvalue weighted by Crippen LogP contribution is 2.05. The van der Waals surface area contributed by atoms with E-state index in [2.05, 4.69) is 20.3 Å². The third kappa shape index (κ3) is 3.25. The predicted octanol–water partition coefficient (Wildman–Crippen LogP) is 1.70. The van der Waals surface area contributed by atoms with Gasteiger partial charge in [-0.1, -0.05) is 11.6 Å². The summed E-state index contributed by atoms with van der Waals surface area (Å²) in [4.78, 5) is 10.9. The lowest BCUT2D eigenvalue weighted by Gasteiger charge is -2.02. The minimum atomic E-state index is -0.556. The third-order valence-electron chi connectivity index (χ3n) is 1.14. The Bertz CT molecular complexity index is 288. The van der Waals surface area contributed by atoms with Crippen LogP contribution >= 0.6 is 11.6 Å². The van der Waals surface area contributed by atoms with Gasteiger partial charge in [-0.25, -0.2) is 4.79 Å². The quantitative estimate of drug-likeness (QED) is 0.791. The number of hydrogen-bond acceptors (Lipinski definition) is 4. The van der Waals surface area contributed by atoms with E-state index in [4.69, 9.17) is 11.6 Å². The zero-order valence-electron chi connectivity index (χ0n) is 6.95. The Morgan fingerprint density at radius 3 is 2.92 bits per heavy atom. The van der Waals surface area contributed by atoms with Crippen molar-refractivity contribution in [1.29, 1.82) is 0 Å². The highest BCUT2D eigenvalue weighted by atomic mass is 35.5. The van der Waals surface area contributed by atoms with Crippen LogP contribution < -0.4 is 5.32 Å².